The molecule has 6 nitrogen and oxygen atoms in total. The Bertz CT molecular complexity index is 1130. The highest BCUT2D eigenvalue weighted by atomic mass is 28.4. The second-order valence-electron chi connectivity index (χ2n) is 10.2. The van der Waals surface area contributed by atoms with Crippen molar-refractivity contribution in [2.24, 2.45) is 0 Å². The lowest BCUT2D eigenvalue weighted by Crippen LogP contribution is -2.67. The van der Waals surface area contributed by atoms with Crippen LogP contribution in [-0.2, 0) is 9.16 Å². The number of likely N-dealkylation sites (tertiary alicyclic amines) is 1. The van der Waals surface area contributed by atoms with E-state index in [1.807, 2.05) is 42.5 Å². The minimum absolute atomic E-state index is 0.0133. The molecule has 4 rings (SSSR count). The molecule has 0 aliphatic carbocycles. The van der Waals surface area contributed by atoms with Gasteiger partial charge in [-0.15, -0.1) is 0 Å². The predicted octanol–water partition coefficient (Wildman–Crippen LogP) is 4.54. The summed E-state index contributed by atoms with van der Waals surface area (Å²) >= 11 is 0. The molecule has 188 valence electrons. The highest BCUT2D eigenvalue weighted by molar-refractivity contribution is 6.99. The zero-order valence-electron chi connectivity index (χ0n) is 21.0. The molecule has 1 heterocycles. The van der Waals surface area contributed by atoms with Gasteiger partial charge >= 0.3 is 12.1 Å². The molecule has 1 N–H and O–H groups in total. The Morgan fingerprint density at radius 2 is 1.39 bits per heavy atom. The van der Waals surface area contributed by atoms with Gasteiger partial charge in [0.2, 0.25) is 0 Å². The fraction of sp³-hybridized carbons (Fsp3) is 0.310. The molecule has 0 radical (unpaired) electrons. The summed E-state index contributed by atoms with van der Waals surface area (Å²) in [6.07, 6.45) is -0.907. The number of rotatable bonds is 7. The fourth-order valence-electron chi connectivity index (χ4n) is 5.12. The van der Waals surface area contributed by atoms with Crippen molar-refractivity contribution in [1.29, 1.82) is 0 Å². The Labute approximate surface area is 213 Å². The highest BCUT2D eigenvalue weighted by Gasteiger charge is 2.53. The maximum absolute atomic E-state index is 12.5. The first-order chi connectivity index (χ1) is 17.2. The molecular weight excluding hydrogens is 470 g/mol. The van der Waals surface area contributed by atoms with Crippen LogP contribution in [0.2, 0.25) is 5.04 Å². The summed E-state index contributed by atoms with van der Waals surface area (Å²) < 4.78 is 12.7. The average Bonchev–Trinajstić information content (AvgIpc) is 3.29. The number of amides is 1. The average molecular weight is 504 g/mol. The molecule has 1 fully saturated rings. The molecule has 0 unspecified atom stereocenters. The summed E-state index contributed by atoms with van der Waals surface area (Å²) in [6.45, 7) is 6.81. The number of benzene rings is 3. The van der Waals surface area contributed by atoms with Gasteiger partial charge in [-0.2, -0.15) is 0 Å². The fourth-order valence-corrected chi connectivity index (χ4v) is 9.81. The Morgan fingerprint density at radius 3 is 1.86 bits per heavy atom. The Morgan fingerprint density at radius 1 is 0.889 bits per heavy atom. The zero-order valence-corrected chi connectivity index (χ0v) is 22.0. The third kappa shape index (κ3) is 5.22. The molecule has 0 bridgehead atoms. The number of nitrogens with zero attached hydrogens (tertiary/aromatic N) is 1. The van der Waals surface area contributed by atoms with Gasteiger partial charge in [-0.3, -0.25) is 4.90 Å². The maximum Gasteiger partial charge on any atom is 0.407 e. The topological polar surface area (TPSA) is 76.1 Å². The number of esters is 1. The lowest BCUT2D eigenvalue weighted by atomic mass is 10.2. The third-order valence-corrected chi connectivity index (χ3v) is 11.9. The zero-order chi connectivity index (χ0) is 25.8. The van der Waals surface area contributed by atoms with Crippen LogP contribution < -0.4 is 10.4 Å². The molecule has 0 spiro atoms. The van der Waals surface area contributed by atoms with E-state index in [0.717, 1.165) is 10.4 Å². The van der Waals surface area contributed by atoms with Gasteiger partial charge in [-0.1, -0.05) is 99.6 Å². The second-order valence-corrected chi connectivity index (χ2v) is 14.4. The van der Waals surface area contributed by atoms with Gasteiger partial charge in [-0.25, -0.2) is 9.59 Å². The number of carboxylic acid groups (broad SMARTS) is 1. The summed E-state index contributed by atoms with van der Waals surface area (Å²) in [5.41, 5.74) is 0.442. The first kappa shape index (κ1) is 25.7. The van der Waals surface area contributed by atoms with Gasteiger partial charge in [0, 0.05) is 6.54 Å². The molecular formula is C29H33NO5Si. The van der Waals surface area contributed by atoms with Crippen LogP contribution in [-0.4, -0.2) is 55.7 Å². The van der Waals surface area contributed by atoms with Crippen molar-refractivity contribution in [3.63, 3.8) is 0 Å². The van der Waals surface area contributed by atoms with E-state index in [1.165, 1.54) is 4.90 Å². The Hall–Kier alpha value is -3.42. The van der Waals surface area contributed by atoms with Crippen LogP contribution in [0.3, 0.4) is 0 Å². The molecule has 1 aliphatic heterocycles. The lowest BCUT2D eigenvalue weighted by Gasteiger charge is -2.44. The van der Waals surface area contributed by atoms with E-state index in [0.29, 0.717) is 12.0 Å². The molecule has 3 aromatic rings. The summed E-state index contributed by atoms with van der Waals surface area (Å²) in [6, 6.07) is 28.8. The van der Waals surface area contributed by atoms with E-state index in [1.54, 1.807) is 24.3 Å². The molecule has 0 aromatic heterocycles. The van der Waals surface area contributed by atoms with Crippen LogP contribution in [0, 0.1) is 0 Å². The van der Waals surface area contributed by atoms with Crippen molar-refractivity contribution in [3.8, 4) is 0 Å². The van der Waals surface area contributed by atoms with Gasteiger partial charge in [-0.05, 0) is 34.0 Å². The van der Waals surface area contributed by atoms with Crippen molar-refractivity contribution >= 4 is 30.8 Å². The minimum atomic E-state index is -2.83. The smallest absolute Gasteiger partial charge is 0.407 e. The summed E-state index contributed by atoms with van der Waals surface area (Å²) in [5.74, 6) is -0.461. The van der Waals surface area contributed by atoms with E-state index >= 15 is 0 Å². The minimum Gasteiger partial charge on any atom is -0.465 e. The molecule has 1 aliphatic rings. The molecule has 1 saturated heterocycles. The normalized spacial score (nSPS) is 18.1. The predicted molar refractivity (Wildman–Crippen MR) is 142 cm³/mol. The maximum atomic E-state index is 12.5. The standard InChI is InChI=1S/C29H33NO5Si/c1-29(2,3)36(25-15-9-5-10-16-25,26-17-11-6-12-18-26)35-24-19-23(30(20-24)28(32)33)21-34-27(31)22-13-7-4-8-14-22/h4-18,23-24H,19-21H2,1-3H3,(H,32,33)/t23-,24-/m1/s1. The van der Waals surface area contributed by atoms with Crippen molar-refractivity contribution in [1.82, 2.24) is 4.90 Å². The van der Waals surface area contributed by atoms with Gasteiger partial charge in [0.25, 0.3) is 8.32 Å². The molecule has 3 aromatic carbocycles. The first-order valence-corrected chi connectivity index (χ1v) is 14.1. The Kier molecular flexibility index (Phi) is 7.61. The largest absolute Gasteiger partial charge is 0.465 e. The highest BCUT2D eigenvalue weighted by Crippen LogP contribution is 2.39. The van der Waals surface area contributed by atoms with Gasteiger partial charge in [0.15, 0.2) is 0 Å². The third-order valence-electron chi connectivity index (χ3n) is 6.80. The Balaban J connectivity index is 1.62. The quantitative estimate of drug-likeness (QED) is 0.378. The molecule has 1 amide bonds. The lowest BCUT2D eigenvalue weighted by molar-refractivity contribution is 0.0395. The van der Waals surface area contributed by atoms with Crippen LogP contribution in [0.1, 0.15) is 37.6 Å². The molecule has 2 atom stereocenters. The van der Waals surface area contributed by atoms with Crippen LogP contribution in [0.25, 0.3) is 0 Å². The first-order valence-electron chi connectivity index (χ1n) is 12.2. The molecule has 7 heteroatoms. The summed E-state index contributed by atoms with van der Waals surface area (Å²) in [7, 11) is -2.83. The van der Waals surface area contributed by atoms with Crippen LogP contribution in [0.15, 0.2) is 91.0 Å². The number of hydrogen-bond acceptors (Lipinski definition) is 4. The number of ether oxygens (including phenoxy) is 1. The van der Waals surface area contributed by atoms with Gasteiger partial charge in [0.1, 0.15) is 6.61 Å². The molecule has 0 saturated carbocycles. The van der Waals surface area contributed by atoms with Crippen LogP contribution in [0.5, 0.6) is 0 Å². The summed E-state index contributed by atoms with van der Waals surface area (Å²) in [5, 5.41) is 12.0. The van der Waals surface area contributed by atoms with Crippen molar-refractivity contribution < 1.29 is 23.9 Å². The SMILES string of the molecule is CC(C)(C)[Si](O[C@@H]1C[C@H](COC(=O)c2ccccc2)N(C(=O)O)C1)(c1ccccc1)c1ccccc1. The van der Waals surface area contributed by atoms with Crippen molar-refractivity contribution in [3.05, 3.63) is 96.6 Å². The number of hydrogen-bond donors (Lipinski definition) is 1. The van der Waals surface area contributed by atoms with E-state index < -0.39 is 26.4 Å². The monoisotopic (exact) mass is 503 g/mol. The van der Waals surface area contributed by atoms with Crippen LogP contribution in [0.4, 0.5) is 4.79 Å². The van der Waals surface area contributed by atoms with E-state index in [9.17, 15) is 14.7 Å². The number of carbonyl (C=O) groups excluding carboxylic acids is 1. The van der Waals surface area contributed by atoms with E-state index in [-0.39, 0.29) is 24.3 Å². The van der Waals surface area contributed by atoms with Gasteiger partial charge in [0.05, 0.1) is 17.7 Å². The second kappa shape index (κ2) is 10.7. The number of carbonyl (C=O) groups is 2. The van der Waals surface area contributed by atoms with Crippen molar-refractivity contribution in [2.45, 2.75) is 44.4 Å². The van der Waals surface area contributed by atoms with Gasteiger partial charge < -0.3 is 14.3 Å². The van der Waals surface area contributed by atoms with E-state index in [2.05, 4.69) is 45.0 Å². The van der Waals surface area contributed by atoms with Crippen LogP contribution >= 0.6 is 0 Å². The molecule has 36 heavy (non-hydrogen) atoms. The van der Waals surface area contributed by atoms with Crippen molar-refractivity contribution in [2.75, 3.05) is 13.2 Å². The van der Waals surface area contributed by atoms with E-state index in [4.69, 9.17) is 9.16 Å². The summed E-state index contributed by atoms with van der Waals surface area (Å²) in [4.78, 5) is 25.9.